The van der Waals surface area contributed by atoms with Crippen molar-refractivity contribution in [1.29, 1.82) is 0 Å². The van der Waals surface area contributed by atoms with Crippen molar-refractivity contribution in [1.82, 2.24) is 0 Å². The summed E-state index contributed by atoms with van der Waals surface area (Å²) in [6.07, 6.45) is 0.415. The average molecular weight is 140 g/mol. The molecular weight excluding hydrogens is 128 g/mol. The molecule has 0 fully saturated rings. The Morgan fingerprint density at radius 1 is 1.40 bits per heavy atom. The van der Waals surface area contributed by atoms with Gasteiger partial charge in [-0.3, -0.25) is 0 Å². The summed E-state index contributed by atoms with van der Waals surface area (Å²) in [6.45, 7) is -0.0103. The van der Waals surface area contributed by atoms with Gasteiger partial charge in [-0.25, -0.2) is 0 Å². The molecular formula is C8H10O2. The Bertz CT molecular complexity index is 263. The Balaban J connectivity index is 3.04. The minimum atomic E-state index is -0.309. The second-order valence-corrected chi connectivity index (χ2v) is 1.97. The lowest BCUT2D eigenvalue weighted by molar-refractivity contribution is 0.299. The Kier molecular flexibility index (Phi) is 1.53. The van der Waals surface area contributed by atoms with Gasteiger partial charge in [-0.05, 0) is 24.1 Å². The molecule has 0 radical (unpaired) electrons. The molecule has 0 aliphatic rings. The van der Waals surface area contributed by atoms with Crippen molar-refractivity contribution in [2.75, 3.05) is 6.61 Å². The molecule has 0 bridgehead atoms. The molecule has 0 aromatic heterocycles. The van der Waals surface area contributed by atoms with Crippen LogP contribution in [0.5, 0.6) is 5.75 Å². The summed E-state index contributed by atoms with van der Waals surface area (Å²) in [6, 6.07) is 2.77. The van der Waals surface area contributed by atoms with Crippen molar-refractivity contribution in [3.63, 3.8) is 0 Å². The van der Waals surface area contributed by atoms with Gasteiger partial charge in [0.15, 0.2) is 0 Å². The first-order valence-electron chi connectivity index (χ1n) is 4.05. The topological polar surface area (TPSA) is 40.5 Å². The number of hydrogen-bond acceptors (Lipinski definition) is 2. The summed E-state index contributed by atoms with van der Waals surface area (Å²) in [4.78, 5) is 0. The SMILES string of the molecule is [2H]c1cc(CCO)cc([2H])c1O. The molecule has 0 heterocycles. The first-order chi connectivity index (χ1) is 5.65. The fourth-order valence-corrected chi connectivity index (χ4v) is 0.679. The molecule has 0 aliphatic carbocycles. The summed E-state index contributed by atoms with van der Waals surface area (Å²) in [7, 11) is 0. The molecule has 2 N–H and O–H groups in total. The highest BCUT2D eigenvalue weighted by Crippen LogP contribution is 2.09. The maximum atomic E-state index is 9.06. The molecule has 0 unspecified atom stereocenters. The van der Waals surface area contributed by atoms with Gasteiger partial charge in [0.05, 0.1) is 2.74 Å². The standard InChI is InChI=1S/C8H10O2/c9-6-5-7-1-3-8(10)4-2-7/h1-4,9-10H,5-6H2/i3D,4D. The van der Waals surface area contributed by atoms with Crippen LogP contribution in [0.4, 0.5) is 0 Å². The minimum absolute atomic E-state index is 0.0103. The van der Waals surface area contributed by atoms with E-state index in [4.69, 9.17) is 13.0 Å². The summed E-state index contributed by atoms with van der Waals surface area (Å²) in [5, 5.41) is 17.6. The number of aromatic hydroxyl groups is 1. The molecule has 0 atom stereocenters. The van der Waals surface area contributed by atoms with Crippen LogP contribution in [-0.4, -0.2) is 16.8 Å². The van der Waals surface area contributed by atoms with Crippen LogP contribution in [0.25, 0.3) is 0 Å². The first kappa shape index (κ1) is 4.74. The Hall–Kier alpha value is -1.02. The van der Waals surface area contributed by atoms with E-state index in [9.17, 15) is 0 Å². The van der Waals surface area contributed by atoms with Gasteiger partial charge < -0.3 is 10.2 Å². The molecule has 10 heavy (non-hydrogen) atoms. The number of hydrogen-bond donors (Lipinski definition) is 2. The van der Waals surface area contributed by atoms with E-state index < -0.39 is 0 Å². The molecule has 1 aromatic rings. The largest absolute Gasteiger partial charge is 0.508 e. The lowest BCUT2D eigenvalue weighted by Crippen LogP contribution is -1.88. The van der Waals surface area contributed by atoms with Crippen molar-refractivity contribution in [2.45, 2.75) is 6.42 Å². The first-order valence-corrected chi connectivity index (χ1v) is 3.05. The van der Waals surface area contributed by atoms with Crippen molar-refractivity contribution in [3.05, 3.63) is 29.8 Å². The van der Waals surface area contributed by atoms with Crippen molar-refractivity contribution >= 4 is 0 Å². The maximum Gasteiger partial charge on any atom is 0.115 e. The van der Waals surface area contributed by atoms with E-state index >= 15 is 0 Å². The van der Waals surface area contributed by atoms with E-state index in [1.165, 1.54) is 12.1 Å². The van der Waals surface area contributed by atoms with Crippen LogP contribution >= 0.6 is 0 Å². The van der Waals surface area contributed by atoms with Crippen molar-refractivity contribution in [2.24, 2.45) is 0 Å². The highest BCUT2D eigenvalue weighted by atomic mass is 16.3. The van der Waals surface area contributed by atoms with E-state index in [2.05, 4.69) is 0 Å². The van der Waals surface area contributed by atoms with Gasteiger partial charge in [0.1, 0.15) is 5.75 Å². The molecule has 0 amide bonds. The predicted molar refractivity (Wildman–Crippen MR) is 38.9 cm³/mol. The third-order valence-electron chi connectivity index (χ3n) is 1.19. The molecule has 2 nitrogen and oxygen atoms in total. The summed E-state index contributed by atoms with van der Waals surface area (Å²) in [5.41, 5.74) is 0.699. The summed E-state index contributed by atoms with van der Waals surface area (Å²) in [5.74, 6) is -0.309. The van der Waals surface area contributed by atoms with Crippen molar-refractivity contribution in [3.8, 4) is 5.75 Å². The molecule has 0 saturated carbocycles. The highest BCUT2D eigenvalue weighted by Gasteiger charge is 1.90. The van der Waals surface area contributed by atoms with Gasteiger partial charge in [0.2, 0.25) is 0 Å². The van der Waals surface area contributed by atoms with Crippen LogP contribution in [0, 0.1) is 0 Å². The zero-order chi connectivity index (χ0) is 9.14. The van der Waals surface area contributed by atoms with Crippen LogP contribution in [0.3, 0.4) is 0 Å². The van der Waals surface area contributed by atoms with Gasteiger partial charge in [0.25, 0.3) is 0 Å². The van der Waals surface area contributed by atoms with E-state index in [-0.39, 0.29) is 24.4 Å². The van der Waals surface area contributed by atoms with Crippen LogP contribution in [0.1, 0.15) is 8.30 Å². The number of phenols is 1. The van der Waals surface area contributed by atoms with Gasteiger partial charge in [-0.1, -0.05) is 12.1 Å². The second-order valence-electron chi connectivity index (χ2n) is 1.97. The Morgan fingerprint density at radius 2 is 2.00 bits per heavy atom. The van der Waals surface area contributed by atoms with Crippen LogP contribution in [0.15, 0.2) is 24.2 Å². The smallest absolute Gasteiger partial charge is 0.115 e. The zero-order valence-corrected chi connectivity index (χ0v) is 5.46. The second kappa shape index (κ2) is 3.22. The minimum Gasteiger partial charge on any atom is -0.508 e. The Labute approximate surface area is 62.6 Å². The molecule has 1 rings (SSSR count). The number of benzene rings is 1. The number of aliphatic hydroxyl groups excluding tert-OH is 1. The monoisotopic (exact) mass is 140 g/mol. The number of aliphatic hydroxyl groups is 1. The number of rotatable bonds is 2. The normalized spacial score (nSPS) is 12.5. The molecule has 54 valence electrons. The lowest BCUT2D eigenvalue weighted by atomic mass is 10.2. The quantitative estimate of drug-likeness (QED) is 0.641. The fourth-order valence-electron chi connectivity index (χ4n) is 0.679. The summed E-state index contributed by atoms with van der Waals surface area (Å²) >= 11 is 0. The number of phenolic OH excluding ortho intramolecular Hbond substituents is 1. The fraction of sp³-hybridized carbons (Fsp3) is 0.250. The van der Waals surface area contributed by atoms with Crippen LogP contribution in [-0.2, 0) is 6.42 Å². The van der Waals surface area contributed by atoms with Crippen molar-refractivity contribution < 1.29 is 13.0 Å². The van der Waals surface area contributed by atoms with E-state index in [1.54, 1.807) is 0 Å². The third kappa shape index (κ3) is 1.74. The summed E-state index contributed by atoms with van der Waals surface area (Å²) < 4.78 is 14.5. The third-order valence-corrected chi connectivity index (χ3v) is 1.19. The van der Waals surface area contributed by atoms with E-state index in [0.29, 0.717) is 12.0 Å². The molecule has 2 heteroatoms. The van der Waals surface area contributed by atoms with E-state index in [0.717, 1.165) is 0 Å². The zero-order valence-electron chi connectivity index (χ0n) is 7.46. The molecule has 1 aromatic carbocycles. The maximum absolute atomic E-state index is 9.06. The van der Waals surface area contributed by atoms with Crippen LogP contribution in [0.2, 0.25) is 0 Å². The average Bonchev–Trinajstić information content (AvgIpc) is 2.01. The van der Waals surface area contributed by atoms with Gasteiger partial charge in [-0.15, -0.1) is 0 Å². The van der Waals surface area contributed by atoms with E-state index in [1.807, 2.05) is 0 Å². The molecule has 0 spiro atoms. The molecule has 0 aliphatic heterocycles. The van der Waals surface area contributed by atoms with Gasteiger partial charge in [0, 0.05) is 6.61 Å². The van der Waals surface area contributed by atoms with Gasteiger partial charge in [-0.2, -0.15) is 0 Å². The lowest BCUT2D eigenvalue weighted by Gasteiger charge is -1.96. The molecule has 0 saturated heterocycles. The predicted octanol–water partition coefficient (Wildman–Crippen LogP) is 0.927. The van der Waals surface area contributed by atoms with Crippen LogP contribution < -0.4 is 0 Å². The highest BCUT2D eigenvalue weighted by molar-refractivity contribution is 5.25. The Morgan fingerprint density at radius 3 is 2.50 bits per heavy atom. The van der Waals surface area contributed by atoms with Gasteiger partial charge >= 0.3 is 0 Å².